The zero-order chi connectivity index (χ0) is 22.3. The molecule has 2 aliphatic heterocycles. The molecule has 2 aromatic carbocycles. The van der Waals surface area contributed by atoms with Gasteiger partial charge in [-0.1, -0.05) is 35.3 Å². The highest BCUT2D eigenvalue weighted by Crippen LogP contribution is 2.46. The molecule has 0 spiro atoms. The molecule has 0 radical (unpaired) electrons. The Balaban J connectivity index is 1.75. The predicted molar refractivity (Wildman–Crippen MR) is 124 cm³/mol. The number of hydrogen-bond acceptors (Lipinski definition) is 4. The van der Waals surface area contributed by atoms with E-state index >= 15 is 0 Å². The highest BCUT2D eigenvalue weighted by atomic mass is 35.5. The lowest BCUT2D eigenvalue weighted by molar-refractivity contribution is -0.130. The number of nitrogens with zero attached hydrogens (tertiary/aromatic N) is 3. The summed E-state index contributed by atoms with van der Waals surface area (Å²) in [6, 6.07) is 10.7. The standard InChI is InChI=1S/C23H26Cl2N4O2/c1-15-12-18-20(13-19(15)25)28(3)22(31)23(18,16-4-6-17(24)7-5-16)26-21(30)14-29-10-8-27(2)9-11-29/h4-7,12-13H,8-11,14H2,1-3H3,(H,26,30). The second-order valence-corrected chi connectivity index (χ2v) is 9.21. The Hall–Kier alpha value is -2.12. The molecule has 0 saturated carbocycles. The molecule has 0 bridgehead atoms. The zero-order valence-corrected chi connectivity index (χ0v) is 19.4. The maximum Gasteiger partial charge on any atom is 0.261 e. The van der Waals surface area contributed by atoms with E-state index in [-0.39, 0.29) is 18.4 Å². The first kappa shape index (κ1) is 22.1. The number of hydrogen-bond donors (Lipinski definition) is 1. The number of carbonyl (C=O) groups is 2. The molecule has 1 saturated heterocycles. The number of nitrogens with one attached hydrogen (secondary N) is 1. The van der Waals surface area contributed by atoms with Crippen LogP contribution in [0.15, 0.2) is 36.4 Å². The number of aryl methyl sites for hydroxylation is 1. The third-order valence-electron chi connectivity index (χ3n) is 6.24. The molecule has 4 rings (SSSR count). The molecule has 6 nitrogen and oxygen atoms in total. The molecule has 0 aliphatic carbocycles. The van der Waals surface area contributed by atoms with E-state index in [2.05, 4.69) is 22.2 Å². The normalized spacial score (nSPS) is 22.0. The van der Waals surface area contributed by atoms with Gasteiger partial charge >= 0.3 is 0 Å². The van der Waals surface area contributed by atoms with Gasteiger partial charge in [0.25, 0.3) is 5.91 Å². The van der Waals surface area contributed by atoms with E-state index in [1.165, 1.54) is 0 Å². The molecule has 8 heteroatoms. The molecule has 31 heavy (non-hydrogen) atoms. The molecule has 1 atom stereocenters. The molecule has 1 fully saturated rings. The zero-order valence-electron chi connectivity index (χ0n) is 17.9. The van der Waals surface area contributed by atoms with Crippen molar-refractivity contribution < 1.29 is 9.59 Å². The lowest BCUT2D eigenvalue weighted by Crippen LogP contribution is -2.56. The van der Waals surface area contributed by atoms with Crippen molar-refractivity contribution in [1.82, 2.24) is 15.1 Å². The second kappa shape index (κ2) is 8.43. The summed E-state index contributed by atoms with van der Waals surface area (Å²) in [4.78, 5) is 32.8. The van der Waals surface area contributed by atoms with E-state index in [4.69, 9.17) is 23.2 Å². The summed E-state index contributed by atoms with van der Waals surface area (Å²) < 4.78 is 0. The first-order valence-corrected chi connectivity index (χ1v) is 11.0. The van der Waals surface area contributed by atoms with E-state index in [0.717, 1.165) is 37.3 Å². The third kappa shape index (κ3) is 3.94. The van der Waals surface area contributed by atoms with Crippen LogP contribution in [-0.4, -0.2) is 68.4 Å². The fraction of sp³-hybridized carbons (Fsp3) is 0.391. The van der Waals surface area contributed by atoms with Crippen LogP contribution in [0, 0.1) is 6.92 Å². The topological polar surface area (TPSA) is 55.9 Å². The first-order chi connectivity index (χ1) is 14.7. The van der Waals surface area contributed by atoms with Gasteiger partial charge in [-0.05, 0) is 49.4 Å². The van der Waals surface area contributed by atoms with Crippen LogP contribution in [0.3, 0.4) is 0 Å². The van der Waals surface area contributed by atoms with Crippen molar-refractivity contribution in [3.63, 3.8) is 0 Å². The highest BCUT2D eigenvalue weighted by Gasteiger charge is 2.52. The fourth-order valence-electron chi connectivity index (χ4n) is 4.35. The number of piperazine rings is 1. The van der Waals surface area contributed by atoms with E-state index < -0.39 is 5.54 Å². The summed E-state index contributed by atoms with van der Waals surface area (Å²) in [7, 11) is 3.78. The van der Waals surface area contributed by atoms with Gasteiger partial charge in [0.05, 0.1) is 12.2 Å². The molecule has 2 amide bonds. The van der Waals surface area contributed by atoms with Crippen molar-refractivity contribution in [3.8, 4) is 0 Å². The second-order valence-electron chi connectivity index (χ2n) is 8.37. The highest BCUT2D eigenvalue weighted by molar-refractivity contribution is 6.32. The molecule has 1 N–H and O–H groups in total. The van der Waals surface area contributed by atoms with E-state index in [1.54, 1.807) is 42.3 Å². The van der Waals surface area contributed by atoms with E-state index in [1.807, 2.05) is 13.0 Å². The smallest absolute Gasteiger partial charge is 0.261 e. The van der Waals surface area contributed by atoms with Gasteiger partial charge in [0.15, 0.2) is 5.54 Å². The average molecular weight is 461 g/mol. The summed E-state index contributed by atoms with van der Waals surface area (Å²) >= 11 is 12.5. The van der Waals surface area contributed by atoms with Gasteiger partial charge in [0.2, 0.25) is 5.91 Å². The summed E-state index contributed by atoms with van der Waals surface area (Å²) in [6.45, 7) is 5.59. The molecule has 164 valence electrons. The van der Waals surface area contributed by atoms with Crippen LogP contribution in [0.4, 0.5) is 5.69 Å². The molecule has 2 aromatic rings. The lowest BCUT2D eigenvalue weighted by atomic mass is 9.83. The average Bonchev–Trinajstić information content (AvgIpc) is 2.93. The van der Waals surface area contributed by atoms with Crippen LogP contribution in [0.1, 0.15) is 16.7 Å². The van der Waals surface area contributed by atoms with Crippen molar-refractivity contribution >= 4 is 40.7 Å². The van der Waals surface area contributed by atoms with Crippen molar-refractivity contribution in [2.75, 3.05) is 51.7 Å². The van der Waals surface area contributed by atoms with Crippen LogP contribution >= 0.6 is 23.2 Å². The van der Waals surface area contributed by atoms with Crippen LogP contribution in [0.2, 0.25) is 10.0 Å². The van der Waals surface area contributed by atoms with Crippen LogP contribution in [0.5, 0.6) is 0 Å². The Morgan fingerprint density at radius 1 is 1.06 bits per heavy atom. The Kier molecular flexibility index (Phi) is 6.01. The maximum atomic E-state index is 13.7. The number of fused-ring (bicyclic) bond motifs is 1. The monoisotopic (exact) mass is 460 g/mol. The SMILES string of the molecule is Cc1cc2c(cc1Cl)N(C)C(=O)C2(NC(=O)CN1CCN(C)CC1)c1ccc(Cl)cc1. The Morgan fingerprint density at radius 2 is 1.71 bits per heavy atom. The number of rotatable bonds is 4. The van der Waals surface area contributed by atoms with Crippen molar-refractivity contribution in [1.29, 1.82) is 0 Å². The van der Waals surface area contributed by atoms with Gasteiger partial charge in [-0.25, -0.2) is 0 Å². The Labute approximate surface area is 192 Å². The van der Waals surface area contributed by atoms with Crippen molar-refractivity contribution in [3.05, 3.63) is 63.1 Å². The molecule has 2 aliphatic rings. The van der Waals surface area contributed by atoms with Gasteiger partial charge in [-0.2, -0.15) is 0 Å². The summed E-state index contributed by atoms with van der Waals surface area (Å²) in [6.07, 6.45) is 0. The summed E-state index contributed by atoms with van der Waals surface area (Å²) in [5.74, 6) is -0.417. The van der Waals surface area contributed by atoms with Gasteiger partial charge in [-0.3, -0.25) is 14.5 Å². The van der Waals surface area contributed by atoms with Crippen LogP contribution in [-0.2, 0) is 15.1 Å². The number of amides is 2. The largest absolute Gasteiger partial charge is 0.333 e. The summed E-state index contributed by atoms with van der Waals surface area (Å²) in [5.41, 5.74) is 1.59. The van der Waals surface area contributed by atoms with Crippen molar-refractivity contribution in [2.45, 2.75) is 12.5 Å². The molecular formula is C23H26Cl2N4O2. The maximum absolute atomic E-state index is 13.7. The number of benzene rings is 2. The van der Waals surface area contributed by atoms with Crippen LogP contribution in [0.25, 0.3) is 0 Å². The molecular weight excluding hydrogens is 435 g/mol. The number of likely N-dealkylation sites (N-methyl/N-ethyl adjacent to an activating group) is 2. The third-order valence-corrected chi connectivity index (χ3v) is 6.89. The van der Waals surface area contributed by atoms with Gasteiger partial charge in [0.1, 0.15) is 0 Å². The minimum atomic E-state index is -1.33. The number of anilines is 1. The molecule has 1 unspecified atom stereocenters. The fourth-order valence-corrected chi connectivity index (χ4v) is 4.64. The number of halogens is 2. The summed E-state index contributed by atoms with van der Waals surface area (Å²) in [5, 5.41) is 4.24. The van der Waals surface area contributed by atoms with Gasteiger partial charge in [0, 0.05) is 48.8 Å². The van der Waals surface area contributed by atoms with Gasteiger partial charge in [-0.15, -0.1) is 0 Å². The minimum Gasteiger partial charge on any atom is -0.333 e. The van der Waals surface area contributed by atoms with E-state index in [0.29, 0.717) is 21.3 Å². The minimum absolute atomic E-state index is 0.193. The number of carbonyl (C=O) groups excluding carboxylic acids is 2. The predicted octanol–water partition coefficient (Wildman–Crippen LogP) is 2.89. The Bertz CT molecular complexity index is 1020. The lowest BCUT2D eigenvalue weighted by Gasteiger charge is -2.34. The molecule has 0 aromatic heterocycles. The van der Waals surface area contributed by atoms with Gasteiger partial charge < -0.3 is 15.1 Å². The van der Waals surface area contributed by atoms with Crippen molar-refractivity contribution in [2.24, 2.45) is 0 Å². The first-order valence-electron chi connectivity index (χ1n) is 10.3. The quantitative estimate of drug-likeness (QED) is 0.761. The molecule has 2 heterocycles. The Morgan fingerprint density at radius 3 is 2.35 bits per heavy atom. The van der Waals surface area contributed by atoms with E-state index in [9.17, 15) is 9.59 Å². The van der Waals surface area contributed by atoms with Crippen LogP contribution < -0.4 is 10.2 Å².